The van der Waals surface area contributed by atoms with Crippen LogP contribution in [0.5, 0.6) is 11.5 Å². The van der Waals surface area contributed by atoms with E-state index >= 15 is 4.79 Å². The molecule has 3 aromatic carbocycles. The number of hydrogen-bond acceptors (Lipinski definition) is 9. The molecule has 13 heteroatoms. The van der Waals surface area contributed by atoms with Crippen LogP contribution in [0.1, 0.15) is 54.8 Å². The van der Waals surface area contributed by atoms with Crippen molar-refractivity contribution in [2.24, 2.45) is 0 Å². The van der Waals surface area contributed by atoms with E-state index in [4.69, 9.17) is 37.1 Å². The second-order valence-corrected chi connectivity index (χ2v) is 13.8. The highest BCUT2D eigenvalue weighted by Crippen LogP contribution is 2.57. The highest BCUT2D eigenvalue weighted by atomic mass is 35.5. The summed E-state index contributed by atoms with van der Waals surface area (Å²) in [7, 11) is -1.46. The number of halogens is 2. The number of carbonyl (C=O) groups excluding carboxylic acids is 1. The minimum absolute atomic E-state index is 0.0929. The number of benzene rings is 3. The average Bonchev–Trinajstić information content (AvgIpc) is 3.81. The number of oxazole rings is 1. The maximum atomic E-state index is 15.5. The molecule has 4 aromatic rings. The number of anilines is 1. The van der Waals surface area contributed by atoms with E-state index in [0.717, 1.165) is 22.8 Å². The van der Waals surface area contributed by atoms with Crippen LogP contribution in [-0.4, -0.2) is 51.5 Å². The number of sulfonamides is 1. The number of likely N-dealkylation sites (tertiary alicyclic amines) is 1. The van der Waals surface area contributed by atoms with Gasteiger partial charge in [0.15, 0.2) is 5.54 Å². The number of hydrogen-bond donors (Lipinski definition) is 1. The van der Waals surface area contributed by atoms with Crippen molar-refractivity contribution in [1.82, 2.24) is 15.2 Å². The SMILES string of the molecule is CCCNCc1ccc(OC)c(C2(N3CCC[C@H]3c3ncco3)C(=O)N(S(=O)(=O)c3ccc(OC)cc3)c3cc(Cl)c(Cl)cc32)c1. The van der Waals surface area contributed by atoms with Crippen molar-refractivity contribution < 1.29 is 27.1 Å². The van der Waals surface area contributed by atoms with E-state index in [0.29, 0.717) is 54.4 Å². The van der Waals surface area contributed by atoms with E-state index in [9.17, 15) is 8.42 Å². The smallest absolute Gasteiger partial charge is 0.271 e. The molecule has 0 radical (unpaired) electrons. The summed E-state index contributed by atoms with van der Waals surface area (Å²) >= 11 is 13.2. The molecule has 10 nitrogen and oxygen atoms in total. The number of aromatic nitrogens is 1. The van der Waals surface area contributed by atoms with Crippen molar-refractivity contribution in [3.63, 3.8) is 0 Å². The van der Waals surface area contributed by atoms with E-state index in [1.165, 1.54) is 50.8 Å². The van der Waals surface area contributed by atoms with Gasteiger partial charge in [-0.25, -0.2) is 17.7 Å². The third-order valence-electron chi connectivity index (χ3n) is 8.57. The van der Waals surface area contributed by atoms with Gasteiger partial charge in [0.2, 0.25) is 5.89 Å². The van der Waals surface area contributed by atoms with E-state index in [1.54, 1.807) is 18.3 Å². The van der Waals surface area contributed by atoms with E-state index < -0.39 is 27.5 Å². The first-order chi connectivity index (χ1) is 22.2. The van der Waals surface area contributed by atoms with Crippen LogP contribution in [0.2, 0.25) is 10.0 Å². The molecule has 6 rings (SSSR count). The molecule has 0 spiro atoms. The Hall–Kier alpha value is -3.61. The van der Waals surface area contributed by atoms with Crippen molar-refractivity contribution in [3.8, 4) is 11.5 Å². The average molecular weight is 686 g/mol. The standard InChI is InChI=1S/C33H34Cl2N4O6S/c1-4-13-36-20-21-7-12-30(44-3)25(17-21)33(38-15-5-6-28(38)31-37-14-16-45-31)24-18-26(34)27(35)19-29(24)39(32(33)40)46(41,42)23-10-8-22(43-2)9-11-23/h7-12,14,16-19,28,36H,4-6,13,15,20H2,1-3H3/t28-,33?/m0/s1. The number of fused-ring (bicyclic) bond motifs is 1. The summed E-state index contributed by atoms with van der Waals surface area (Å²) < 4.78 is 46.9. The molecule has 1 amide bonds. The van der Waals surface area contributed by atoms with E-state index in [1.807, 2.05) is 17.0 Å². The van der Waals surface area contributed by atoms with Gasteiger partial charge in [0.25, 0.3) is 15.9 Å². The summed E-state index contributed by atoms with van der Waals surface area (Å²) in [6, 6.07) is 14.1. The van der Waals surface area contributed by atoms with Crippen molar-refractivity contribution in [1.29, 1.82) is 0 Å². The maximum Gasteiger partial charge on any atom is 0.271 e. The van der Waals surface area contributed by atoms with Gasteiger partial charge < -0.3 is 19.2 Å². The highest BCUT2D eigenvalue weighted by Gasteiger charge is 2.63. The first-order valence-corrected chi connectivity index (χ1v) is 17.2. The van der Waals surface area contributed by atoms with Gasteiger partial charge in [0.05, 0.1) is 47.1 Å². The number of nitrogens with zero attached hydrogens (tertiary/aromatic N) is 3. The van der Waals surface area contributed by atoms with Crippen molar-refractivity contribution in [3.05, 3.63) is 99.7 Å². The number of ether oxygens (including phenoxy) is 2. The van der Waals surface area contributed by atoms with Crippen molar-refractivity contribution in [2.45, 2.75) is 49.2 Å². The fraction of sp³-hybridized carbons (Fsp3) is 0.333. The molecule has 1 saturated heterocycles. The number of carbonyl (C=O) groups is 1. The predicted molar refractivity (Wildman–Crippen MR) is 175 cm³/mol. The second kappa shape index (κ2) is 12.9. The molecule has 2 atom stereocenters. The monoisotopic (exact) mass is 684 g/mol. The number of rotatable bonds is 11. The van der Waals surface area contributed by atoms with Crippen LogP contribution in [0.3, 0.4) is 0 Å². The van der Waals surface area contributed by atoms with Gasteiger partial charge in [-0.3, -0.25) is 9.69 Å². The van der Waals surface area contributed by atoms with Gasteiger partial charge in [0, 0.05) is 24.2 Å². The summed E-state index contributed by atoms with van der Waals surface area (Å²) in [5.74, 6) is 0.585. The van der Waals surface area contributed by atoms with Gasteiger partial charge >= 0.3 is 0 Å². The molecule has 242 valence electrons. The fourth-order valence-corrected chi connectivity index (χ4v) is 8.30. The van der Waals surface area contributed by atoms with Gasteiger partial charge in [-0.2, -0.15) is 0 Å². The van der Waals surface area contributed by atoms with Crippen molar-refractivity contribution in [2.75, 3.05) is 31.6 Å². The quantitative estimate of drug-likeness (QED) is 0.181. The largest absolute Gasteiger partial charge is 0.497 e. The maximum absolute atomic E-state index is 15.5. The molecular formula is C33H34Cl2N4O6S. The molecule has 1 fully saturated rings. The Morgan fingerprint density at radius 2 is 1.80 bits per heavy atom. The Bertz CT molecular complexity index is 1850. The first-order valence-electron chi connectivity index (χ1n) is 15.0. The number of methoxy groups -OCH3 is 2. The zero-order valence-corrected chi connectivity index (χ0v) is 28.0. The number of nitrogens with one attached hydrogen (secondary N) is 1. The first kappa shape index (κ1) is 32.3. The molecule has 0 saturated carbocycles. The van der Waals surface area contributed by atoms with Crippen LogP contribution in [-0.2, 0) is 26.9 Å². The highest BCUT2D eigenvalue weighted by molar-refractivity contribution is 7.93. The molecule has 0 aliphatic carbocycles. The Labute approximate surface area is 278 Å². The van der Waals surface area contributed by atoms with E-state index in [-0.39, 0.29) is 20.6 Å². The molecule has 0 bridgehead atoms. The van der Waals surface area contributed by atoms with Crippen LogP contribution in [0, 0.1) is 0 Å². The molecule has 46 heavy (non-hydrogen) atoms. The summed E-state index contributed by atoms with van der Waals surface area (Å²) in [5.41, 5.74) is 0.108. The molecule has 1 aromatic heterocycles. The Morgan fingerprint density at radius 3 is 2.48 bits per heavy atom. The van der Waals surface area contributed by atoms with Gasteiger partial charge in [-0.1, -0.05) is 36.2 Å². The minimum atomic E-state index is -4.48. The molecule has 2 aliphatic heterocycles. The third-order valence-corrected chi connectivity index (χ3v) is 11.0. The topological polar surface area (TPSA) is 114 Å². The number of amides is 1. The lowest BCUT2D eigenvalue weighted by atomic mass is 9.80. The van der Waals surface area contributed by atoms with Crippen LogP contribution >= 0.6 is 23.2 Å². The third kappa shape index (κ3) is 5.24. The lowest BCUT2D eigenvalue weighted by molar-refractivity contribution is -0.127. The Kier molecular flexibility index (Phi) is 9.06. The summed E-state index contributed by atoms with van der Waals surface area (Å²) in [6.07, 6.45) is 5.31. The van der Waals surface area contributed by atoms with Gasteiger partial charge in [0.1, 0.15) is 17.8 Å². The zero-order valence-electron chi connectivity index (χ0n) is 25.6. The molecule has 1 unspecified atom stereocenters. The van der Waals surface area contributed by atoms with Crippen LogP contribution in [0.4, 0.5) is 5.69 Å². The normalized spacial score (nSPS) is 19.9. The van der Waals surface area contributed by atoms with Crippen LogP contribution in [0.25, 0.3) is 0 Å². The van der Waals surface area contributed by atoms with E-state index in [2.05, 4.69) is 17.2 Å². The zero-order chi connectivity index (χ0) is 32.6. The summed E-state index contributed by atoms with van der Waals surface area (Å²) in [4.78, 5) is 21.8. The summed E-state index contributed by atoms with van der Waals surface area (Å²) in [5, 5.41) is 3.69. The van der Waals surface area contributed by atoms with Gasteiger partial charge in [-0.05, 0) is 79.9 Å². The van der Waals surface area contributed by atoms with Gasteiger partial charge in [-0.15, -0.1) is 0 Å². The van der Waals surface area contributed by atoms with Crippen LogP contribution < -0.4 is 19.1 Å². The van der Waals surface area contributed by atoms with Crippen molar-refractivity contribution >= 4 is 44.8 Å². The fourth-order valence-electron chi connectivity index (χ4n) is 6.53. The predicted octanol–water partition coefficient (Wildman–Crippen LogP) is 6.31. The second-order valence-electron chi connectivity index (χ2n) is 11.2. The molecular weight excluding hydrogens is 651 g/mol. The minimum Gasteiger partial charge on any atom is -0.497 e. The Balaban J connectivity index is 1.66. The lowest BCUT2D eigenvalue weighted by Gasteiger charge is -2.41. The molecule has 3 heterocycles. The molecule has 2 aliphatic rings. The summed E-state index contributed by atoms with van der Waals surface area (Å²) in [6.45, 7) is 3.84. The lowest BCUT2D eigenvalue weighted by Crippen LogP contribution is -2.54. The molecule has 1 N–H and O–H groups in total. The van der Waals surface area contributed by atoms with Crippen LogP contribution in [0.15, 0.2) is 76.4 Å². The Morgan fingerprint density at radius 1 is 1.04 bits per heavy atom.